The Bertz CT molecular complexity index is 744. The molecule has 0 aliphatic heterocycles. The first-order chi connectivity index (χ1) is 11.1. The lowest BCUT2D eigenvalue weighted by Gasteiger charge is -2.22. The lowest BCUT2D eigenvalue weighted by molar-refractivity contribution is 0.0682. The molecule has 0 saturated heterocycles. The van der Waals surface area contributed by atoms with E-state index in [1.54, 1.807) is 23.1 Å². The number of hydrogen-bond acceptors (Lipinski definition) is 4. The van der Waals surface area contributed by atoms with Crippen molar-refractivity contribution < 1.29 is 19.1 Å². The topological polar surface area (TPSA) is 83.4 Å². The minimum absolute atomic E-state index is 0.0539. The quantitative estimate of drug-likeness (QED) is 0.913. The molecule has 0 bridgehead atoms. The SMILES string of the molecule is O=C(O)c1cnc(C(=O)N(Cc2ccccc2F)C2CC2)cn1. The number of rotatable bonds is 5. The maximum Gasteiger partial charge on any atom is 0.356 e. The van der Waals surface area contributed by atoms with Crippen molar-refractivity contribution >= 4 is 11.9 Å². The molecular weight excluding hydrogens is 301 g/mol. The van der Waals surface area contributed by atoms with Crippen molar-refractivity contribution in [2.75, 3.05) is 0 Å². The van der Waals surface area contributed by atoms with Crippen molar-refractivity contribution in [1.82, 2.24) is 14.9 Å². The normalized spacial score (nSPS) is 13.6. The van der Waals surface area contributed by atoms with Gasteiger partial charge >= 0.3 is 5.97 Å². The second-order valence-corrected chi connectivity index (χ2v) is 5.35. The standard InChI is InChI=1S/C16H14FN3O3/c17-12-4-2-1-3-10(12)9-20(11-5-6-11)15(21)13-7-19-14(8-18-13)16(22)23/h1-4,7-8,11H,5-6,9H2,(H,22,23). The molecule has 1 saturated carbocycles. The summed E-state index contributed by atoms with van der Waals surface area (Å²) in [6, 6.07) is 6.36. The summed E-state index contributed by atoms with van der Waals surface area (Å²) in [5.74, 6) is -1.94. The highest BCUT2D eigenvalue weighted by Gasteiger charge is 2.34. The Hall–Kier alpha value is -2.83. The number of amides is 1. The number of carbonyl (C=O) groups is 2. The van der Waals surface area contributed by atoms with Gasteiger partial charge in [0.1, 0.15) is 11.5 Å². The number of aromatic carboxylic acids is 1. The van der Waals surface area contributed by atoms with E-state index >= 15 is 0 Å². The van der Waals surface area contributed by atoms with Crippen molar-refractivity contribution in [3.63, 3.8) is 0 Å². The first-order valence-corrected chi connectivity index (χ1v) is 7.16. The Morgan fingerprint density at radius 3 is 2.39 bits per heavy atom. The zero-order chi connectivity index (χ0) is 16.4. The molecule has 0 unspecified atom stereocenters. The van der Waals surface area contributed by atoms with Gasteiger partial charge in [-0.05, 0) is 18.9 Å². The summed E-state index contributed by atoms with van der Waals surface area (Å²) in [7, 11) is 0. The van der Waals surface area contributed by atoms with E-state index in [-0.39, 0.29) is 35.7 Å². The van der Waals surface area contributed by atoms with Gasteiger partial charge in [0, 0.05) is 18.2 Å². The third-order valence-corrected chi connectivity index (χ3v) is 3.64. The maximum atomic E-state index is 13.8. The van der Waals surface area contributed by atoms with Gasteiger partial charge in [0.2, 0.25) is 0 Å². The highest BCUT2D eigenvalue weighted by molar-refractivity contribution is 5.93. The van der Waals surface area contributed by atoms with E-state index in [0.717, 1.165) is 25.2 Å². The van der Waals surface area contributed by atoms with Gasteiger partial charge in [0.05, 0.1) is 12.4 Å². The Morgan fingerprint density at radius 1 is 1.17 bits per heavy atom. The van der Waals surface area contributed by atoms with Crippen LogP contribution in [0.4, 0.5) is 4.39 Å². The van der Waals surface area contributed by atoms with Crippen LogP contribution in [0, 0.1) is 5.82 Å². The van der Waals surface area contributed by atoms with Gasteiger partial charge in [0.15, 0.2) is 5.69 Å². The minimum Gasteiger partial charge on any atom is -0.476 e. The maximum absolute atomic E-state index is 13.8. The second-order valence-electron chi connectivity index (χ2n) is 5.35. The van der Waals surface area contributed by atoms with Gasteiger partial charge in [-0.1, -0.05) is 18.2 Å². The average molecular weight is 315 g/mol. The molecule has 0 radical (unpaired) electrons. The number of carboxylic acid groups (broad SMARTS) is 1. The molecule has 1 heterocycles. The molecule has 0 atom stereocenters. The van der Waals surface area contributed by atoms with E-state index in [1.807, 2.05) is 0 Å². The summed E-state index contributed by atoms with van der Waals surface area (Å²) in [5, 5.41) is 8.81. The van der Waals surface area contributed by atoms with E-state index in [4.69, 9.17) is 5.11 Å². The Labute approximate surface area is 131 Å². The zero-order valence-electron chi connectivity index (χ0n) is 12.1. The molecule has 7 heteroatoms. The Balaban J connectivity index is 1.82. The molecular formula is C16H14FN3O3. The molecule has 1 aliphatic rings. The molecule has 23 heavy (non-hydrogen) atoms. The van der Waals surface area contributed by atoms with E-state index in [1.165, 1.54) is 6.07 Å². The summed E-state index contributed by atoms with van der Waals surface area (Å²) in [6.07, 6.45) is 3.91. The van der Waals surface area contributed by atoms with Crippen molar-refractivity contribution in [3.05, 3.63) is 59.4 Å². The van der Waals surface area contributed by atoms with Gasteiger partial charge in [-0.15, -0.1) is 0 Å². The fourth-order valence-electron chi connectivity index (χ4n) is 2.26. The van der Waals surface area contributed by atoms with Crippen LogP contribution in [0.2, 0.25) is 0 Å². The fraction of sp³-hybridized carbons (Fsp3) is 0.250. The molecule has 1 N–H and O–H groups in total. The lowest BCUT2D eigenvalue weighted by Crippen LogP contribution is -2.33. The summed E-state index contributed by atoms with van der Waals surface area (Å²) < 4.78 is 13.8. The first kappa shape index (κ1) is 15.1. The molecule has 0 spiro atoms. The zero-order valence-corrected chi connectivity index (χ0v) is 12.1. The van der Waals surface area contributed by atoms with Crippen LogP contribution in [0.15, 0.2) is 36.7 Å². The van der Waals surface area contributed by atoms with Crippen LogP contribution < -0.4 is 0 Å². The van der Waals surface area contributed by atoms with Crippen LogP contribution in [-0.4, -0.2) is 37.9 Å². The fourth-order valence-corrected chi connectivity index (χ4v) is 2.26. The van der Waals surface area contributed by atoms with Gasteiger partial charge < -0.3 is 10.0 Å². The predicted octanol–water partition coefficient (Wildman–Crippen LogP) is 2.12. The summed E-state index contributed by atoms with van der Waals surface area (Å²) in [6.45, 7) is 0.151. The van der Waals surface area contributed by atoms with Crippen LogP contribution >= 0.6 is 0 Å². The third-order valence-electron chi connectivity index (χ3n) is 3.64. The van der Waals surface area contributed by atoms with E-state index < -0.39 is 5.97 Å². The second kappa shape index (κ2) is 6.12. The van der Waals surface area contributed by atoms with Gasteiger partial charge in [-0.25, -0.2) is 19.2 Å². The molecule has 1 fully saturated rings. The molecule has 118 valence electrons. The first-order valence-electron chi connectivity index (χ1n) is 7.16. The van der Waals surface area contributed by atoms with Crippen LogP contribution in [0.3, 0.4) is 0 Å². The van der Waals surface area contributed by atoms with Gasteiger partial charge in [-0.3, -0.25) is 4.79 Å². The highest BCUT2D eigenvalue weighted by Crippen LogP contribution is 2.30. The van der Waals surface area contributed by atoms with Crippen molar-refractivity contribution in [2.45, 2.75) is 25.4 Å². The van der Waals surface area contributed by atoms with Crippen LogP contribution in [-0.2, 0) is 6.54 Å². The van der Waals surface area contributed by atoms with Gasteiger partial charge in [0.25, 0.3) is 5.91 Å². The number of benzene rings is 1. The monoisotopic (exact) mass is 315 g/mol. The van der Waals surface area contributed by atoms with Crippen LogP contribution in [0.25, 0.3) is 0 Å². The van der Waals surface area contributed by atoms with E-state index in [9.17, 15) is 14.0 Å². The molecule has 1 aromatic carbocycles. The van der Waals surface area contributed by atoms with E-state index in [0.29, 0.717) is 5.56 Å². The largest absolute Gasteiger partial charge is 0.476 e. The molecule has 1 amide bonds. The van der Waals surface area contributed by atoms with Crippen molar-refractivity contribution in [1.29, 1.82) is 0 Å². The van der Waals surface area contributed by atoms with Crippen LogP contribution in [0.5, 0.6) is 0 Å². The Morgan fingerprint density at radius 2 is 1.83 bits per heavy atom. The van der Waals surface area contributed by atoms with E-state index in [2.05, 4.69) is 9.97 Å². The van der Waals surface area contributed by atoms with Crippen molar-refractivity contribution in [2.24, 2.45) is 0 Å². The molecule has 6 nitrogen and oxygen atoms in total. The highest BCUT2D eigenvalue weighted by atomic mass is 19.1. The molecule has 2 aromatic rings. The predicted molar refractivity (Wildman–Crippen MR) is 78.3 cm³/mol. The van der Waals surface area contributed by atoms with Crippen molar-refractivity contribution in [3.8, 4) is 0 Å². The minimum atomic E-state index is -1.21. The lowest BCUT2D eigenvalue weighted by atomic mass is 10.2. The smallest absolute Gasteiger partial charge is 0.356 e. The number of carboxylic acids is 1. The summed E-state index contributed by atoms with van der Waals surface area (Å²) >= 11 is 0. The number of halogens is 1. The Kier molecular flexibility index (Phi) is 4.01. The average Bonchev–Trinajstić information content (AvgIpc) is 3.38. The number of carbonyl (C=O) groups excluding carboxylic acids is 1. The van der Waals surface area contributed by atoms with Gasteiger partial charge in [-0.2, -0.15) is 0 Å². The number of hydrogen-bond donors (Lipinski definition) is 1. The summed E-state index contributed by atoms with van der Waals surface area (Å²) in [4.78, 5) is 32.5. The summed E-state index contributed by atoms with van der Waals surface area (Å²) in [5.41, 5.74) is 0.259. The molecule has 3 rings (SSSR count). The number of nitrogens with zero attached hydrogens (tertiary/aromatic N) is 3. The molecule has 1 aromatic heterocycles. The van der Waals surface area contributed by atoms with Crippen LogP contribution in [0.1, 0.15) is 39.4 Å². The molecule has 1 aliphatic carbocycles. The number of aromatic nitrogens is 2. The third kappa shape index (κ3) is 3.33.